The Labute approximate surface area is 343 Å². The highest BCUT2D eigenvalue weighted by molar-refractivity contribution is 6.39. The van der Waals surface area contributed by atoms with E-state index < -0.39 is 36.2 Å². The van der Waals surface area contributed by atoms with Crippen LogP contribution in [0.3, 0.4) is 0 Å². The molecule has 302 valence electrons. The molecule has 2 saturated heterocycles. The van der Waals surface area contributed by atoms with Crippen LogP contribution in [0.25, 0.3) is 33.4 Å². The molecule has 0 radical (unpaired) electrons. The van der Waals surface area contributed by atoms with Gasteiger partial charge < -0.3 is 39.7 Å². The number of nitrogens with zero attached hydrogens (tertiary/aromatic N) is 4. The van der Waals surface area contributed by atoms with E-state index in [2.05, 4.69) is 0 Å². The summed E-state index contributed by atoms with van der Waals surface area (Å²) in [5.41, 5.74) is 5.35. The first-order valence-corrected chi connectivity index (χ1v) is 19.7. The van der Waals surface area contributed by atoms with Crippen molar-refractivity contribution < 1.29 is 49.1 Å². The lowest BCUT2D eigenvalue weighted by Gasteiger charge is -2.32. The van der Waals surface area contributed by atoms with Crippen molar-refractivity contribution >= 4 is 58.3 Å². The molecule has 4 N–H and O–H groups in total. The molecule has 0 unspecified atom stereocenters. The van der Waals surface area contributed by atoms with Gasteiger partial charge in [-0.15, -0.1) is 0 Å². The van der Waals surface area contributed by atoms with Crippen LogP contribution in [0.2, 0.25) is 10.0 Å². The van der Waals surface area contributed by atoms with Gasteiger partial charge in [0.2, 0.25) is 0 Å². The normalized spacial score (nSPS) is 22.1. The third-order valence-corrected chi connectivity index (χ3v) is 12.1. The zero-order valence-electron chi connectivity index (χ0n) is 31.1. The average molecular weight is 832 g/mol. The molecule has 8 rings (SSSR count). The number of carbonyl (C=O) groups excluding carboxylic acids is 2. The number of likely N-dealkylation sites (tertiary alicyclic amines) is 2. The fourth-order valence-electron chi connectivity index (χ4n) is 8.38. The zero-order valence-corrected chi connectivity index (χ0v) is 32.6. The molecule has 58 heavy (non-hydrogen) atoms. The van der Waals surface area contributed by atoms with Crippen molar-refractivity contribution in [1.82, 2.24) is 9.80 Å². The van der Waals surface area contributed by atoms with Gasteiger partial charge in [0, 0.05) is 74.4 Å². The van der Waals surface area contributed by atoms with Crippen LogP contribution >= 0.6 is 23.2 Å². The van der Waals surface area contributed by atoms with Gasteiger partial charge >= 0.3 is 11.9 Å². The molecule has 4 aliphatic heterocycles. The maximum atomic E-state index is 13.0. The summed E-state index contributed by atoms with van der Waals surface area (Å²) in [6, 6.07) is 20.5. The number of fused-ring (bicyclic) bond motifs is 2. The standard InChI is InChI=1S/C42H40Cl2N4O10/c43-39-27(23-7-9-31-35(15-23)57-21-37(51)47(31)13-11-45-19-25(49)17-33(45)41(53)54)3-1-5-29(39)30-6-2-4-28(40(30)44)24-8-10-32-36(16-24)58-22-38(52)48(32)14-12-46-20-26(50)18-34(46)42(55)56/h1-10,15-16,25-26,33-34,49-50H,11-14,17-22H2,(H,53,54)(H,55,56)/t25-,26-,33+,34+/m1/s1. The fourth-order valence-corrected chi connectivity index (χ4v) is 9.06. The number of ether oxygens (including phenoxy) is 2. The number of carboxylic acid groups (broad SMARTS) is 2. The topological polar surface area (TPSA) is 181 Å². The Kier molecular flexibility index (Phi) is 11.1. The van der Waals surface area contributed by atoms with Gasteiger partial charge in [-0.2, -0.15) is 0 Å². The molecule has 0 bridgehead atoms. The monoisotopic (exact) mass is 830 g/mol. The summed E-state index contributed by atoms with van der Waals surface area (Å²) in [6.07, 6.45) is -1.20. The van der Waals surface area contributed by atoms with Gasteiger partial charge in [0.15, 0.2) is 13.2 Å². The van der Waals surface area contributed by atoms with Crippen molar-refractivity contribution in [2.24, 2.45) is 0 Å². The number of aliphatic hydroxyl groups excluding tert-OH is 2. The van der Waals surface area contributed by atoms with Crippen LogP contribution in [-0.2, 0) is 19.2 Å². The first kappa shape index (κ1) is 39.6. The molecule has 4 aliphatic rings. The van der Waals surface area contributed by atoms with Gasteiger partial charge in [0.1, 0.15) is 23.6 Å². The quantitative estimate of drug-likeness (QED) is 0.167. The highest BCUT2D eigenvalue weighted by atomic mass is 35.5. The smallest absolute Gasteiger partial charge is 0.321 e. The van der Waals surface area contributed by atoms with Crippen LogP contribution in [0, 0.1) is 0 Å². The number of carboxylic acids is 2. The van der Waals surface area contributed by atoms with Crippen molar-refractivity contribution in [3.05, 3.63) is 82.8 Å². The minimum absolute atomic E-state index is 0.139. The van der Waals surface area contributed by atoms with Gasteiger partial charge in [-0.3, -0.25) is 29.0 Å². The van der Waals surface area contributed by atoms with Crippen molar-refractivity contribution in [3.8, 4) is 44.9 Å². The highest BCUT2D eigenvalue weighted by Gasteiger charge is 2.38. The lowest BCUT2D eigenvalue weighted by Crippen LogP contribution is -2.45. The van der Waals surface area contributed by atoms with Gasteiger partial charge in [0.05, 0.1) is 33.6 Å². The number of carbonyl (C=O) groups is 4. The lowest BCUT2D eigenvalue weighted by atomic mass is 9.95. The number of hydrogen-bond donors (Lipinski definition) is 4. The van der Waals surface area contributed by atoms with Crippen molar-refractivity contribution in [2.45, 2.75) is 37.1 Å². The van der Waals surface area contributed by atoms with E-state index in [9.17, 15) is 39.6 Å². The number of aliphatic hydroxyl groups is 2. The molecule has 0 aromatic heterocycles. The molecule has 14 nitrogen and oxygen atoms in total. The summed E-state index contributed by atoms with van der Waals surface area (Å²) in [4.78, 5) is 55.9. The second-order valence-corrected chi connectivity index (χ2v) is 15.6. The number of β-amino-alcohol motifs (C(OH)–C–C–N with tert-alkyl or cyclic N) is 2. The third-order valence-electron chi connectivity index (χ3n) is 11.3. The van der Waals surface area contributed by atoms with Gasteiger partial charge in [-0.25, -0.2) is 0 Å². The highest BCUT2D eigenvalue weighted by Crippen LogP contribution is 2.45. The number of anilines is 2. The molecule has 4 aromatic carbocycles. The molecule has 2 fully saturated rings. The second kappa shape index (κ2) is 16.2. The minimum atomic E-state index is -1.01. The van der Waals surface area contributed by atoms with E-state index in [0.29, 0.717) is 55.2 Å². The largest absolute Gasteiger partial charge is 0.482 e. The van der Waals surface area contributed by atoms with Crippen molar-refractivity contribution in [1.29, 1.82) is 0 Å². The number of aliphatic carboxylic acids is 2. The molecular weight excluding hydrogens is 791 g/mol. The molecule has 0 saturated carbocycles. The van der Waals surface area contributed by atoms with E-state index in [1.165, 1.54) is 0 Å². The zero-order chi connectivity index (χ0) is 40.8. The molecule has 0 spiro atoms. The molecule has 4 aromatic rings. The summed E-state index contributed by atoms with van der Waals surface area (Å²) < 4.78 is 11.7. The van der Waals surface area contributed by atoms with Crippen LogP contribution in [-0.4, -0.2) is 131 Å². The fraction of sp³-hybridized carbons (Fsp3) is 0.333. The summed E-state index contributed by atoms with van der Waals surface area (Å²) in [5, 5.41) is 40.2. The van der Waals surface area contributed by atoms with Crippen molar-refractivity contribution in [2.75, 3.05) is 62.3 Å². The predicted octanol–water partition coefficient (Wildman–Crippen LogP) is 4.48. The second-order valence-electron chi connectivity index (χ2n) is 14.8. The maximum absolute atomic E-state index is 13.0. The Balaban J connectivity index is 1.02. The number of amides is 2. The predicted molar refractivity (Wildman–Crippen MR) is 216 cm³/mol. The summed E-state index contributed by atoms with van der Waals surface area (Å²) >= 11 is 14.3. The Hall–Kier alpha value is -5.22. The Morgan fingerprint density at radius 3 is 1.40 bits per heavy atom. The number of hydrogen-bond acceptors (Lipinski definition) is 10. The van der Waals surface area contributed by atoms with Crippen LogP contribution in [0.5, 0.6) is 11.5 Å². The van der Waals surface area contributed by atoms with Gasteiger partial charge in [-0.1, -0.05) is 71.7 Å². The lowest BCUT2D eigenvalue weighted by molar-refractivity contribution is -0.143. The molecular formula is C42H40Cl2N4O10. The number of benzene rings is 4. The van der Waals surface area contributed by atoms with E-state index >= 15 is 0 Å². The maximum Gasteiger partial charge on any atom is 0.321 e. The number of rotatable bonds is 11. The van der Waals surface area contributed by atoms with Crippen LogP contribution in [0.4, 0.5) is 11.4 Å². The van der Waals surface area contributed by atoms with Crippen LogP contribution in [0.15, 0.2) is 72.8 Å². The van der Waals surface area contributed by atoms with E-state index in [1.54, 1.807) is 31.7 Å². The van der Waals surface area contributed by atoms with Crippen LogP contribution < -0.4 is 19.3 Å². The first-order valence-electron chi connectivity index (χ1n) is 18.9. The minimum Gasteiger partial charge on any atom is -0.482 e. The molecule has 2 amide bonds. The average Bonchev–Trinajstić information content (AvgIpc) is 3.78. The van der Waals surface area contributed by atoms with Crippen molar-refractivity contribution in [3.63, 3.8) is 0 Å². The van der Waals surface area contributed by atoms with Gasteiger partial charge in [-0.05, 0) is 35.4 Å². The first-order chi connectivity index (χ1) is 27.9. The van der Waals surface area contributed by atoms with E-state index in [-0.39, 0.29) is 77.1 Å². The molecule has 4 atom stereocenters. The Morgan fingerprint density at radius 1 is 0.603 bits per heavy atom. The molecule has 0 aliphatic carbocycles. The summed E-state index contributed by atoms with van der Waals surface area (Å²) in [6.45, 7) is 1.06. The molecule has 4 heterocycles. The third kappa shape index (κ3) is 7.59. The van der Waals surface area contributed by atoms with E-state index in [4.69, 9.17) is 32.7 Å². The van der Waals surface area contributed by atoms with Crippen LogP contribution in [0.1, 0.15) is 12.8 Å². The Morgan fingerprint density at radius 2 is 1.00 bits per heavy atom. The van der Waals surface area contributed by atoms with E-state index in [0.717, 1.165) is 11.1 Å². The van der Waals surface area contributed by atoms with Gasteiger partial charge in [0.25, 0.3) is 11.8 Å². The summed E-state index contributed by atoms with van der Waals surface area (Å²) in [7, 11) is 0. The molecule has 16 heteroatoms. The number of halogens is 2. The summed E-state index contributed by atoms with van der Waals surface area (Å²) in [5.74, 6) is -1.57. The SMILES string of the molecule is O=C(O)[C@@H]1C[C@@H](O)CN1CCN1C(=O)COc2cc(-c3cccc(-c4cccc(-c5ccc6c(c5)OCC(=O)N6CCN5C[C@H](O)C[C@H]5C(=O)O)c4Cl)c3Cl)ccc21. The van der Waals surface area contributed by atoms with E-state index in [1.807, 2.05) is 60.7 Å². The Bertz CT molecular complexity index is 2150.